The summed E-state index contributed by atoms with van der Waals surface area (Å²) in [6.07, 6.45) is 0. The molecule has 0 radical (unpaired) electrons. The van der Waals surface area contributed by atoms with E-state index in [1.165, 1.54) is 16.4 Å². The molecule has 1 heterocycles. The summed E-state index contributed by atoms with van der Waals surface area (Å²) >= 11 is 0. The molecule has 1 aromatic rings. The van der Waals surface area contributed by atoms with Crippen molar-refractivity contribution in [3.05, 3.63) is 24.3 Å². The lowest BCUT2D eigenvalue weighted by atomic mass is 10.0. The Bertz CT molecular complexity index is 660. The number of sulfonamides is 1. The molecule has 0 saturated carbocycles. The summed E-state index contributed by atoms with van der Waals surface area (Å²) in [7, 11) is -3.58. The quantitative estimate of drug-likeness (QED) is 0.798. The summed E-state index contributed by atoms with van der Waals surface area (Å²) in [4.78, 5) is 12.2. The normalized spacial score (nSPS) is 18.3. The van der Waals surface area contributed by atoms with E-state index in [-0.39, 0.29) is 35.2 Å². The van der Waals surface area contributed by atoms with Crippen molar-refractivity contribution in [2.45, 2.75) is 24.8 Å². The Labute approximate surface area is 149 Å². The number of anilines is 1. The number of nitrogens with two attached hydrogens (primary N) is 1. The molecule has 3 N–H and O–H groups in total. The van der Waals surface area contributed by atoms with Crippen LogP contribution in [0.5, 0.6) is 0 Å². The molecule has 9 heteroatoms. The number of halogens is 1. The number of morpholine rings is 1. The third kappa shape index (κ3) is 4.90. The molecule has 1 aliphatic rings. The molecule has 0 aliphatic carbocycles. The number of benzene rings is 1. The molecule has 7 nitrogen and oxygen atoms in total. The topological polar surface area (TPSA) is 102 Å². The van der Waals surface area contributed by atoms with Crippen LogP contribution in [0.15, 0.2) is 29.2 Å². The van der Waals surface area contributed by atoms with Gasteiger partial charge in [-0.1, -0.05) is 13.0 Å². The summed E-state index contributed by atoms with van der Waals surface area (Å²) in [6, 6.07) is 5.98. The first-order valence-corrected chi connectivity index (χ1v) is 9.01. The van der Waals surface area contributed by atoms with Gasteiger partial charge in [0.25, 0.3) is 0 Å². The van der Waals surface area contributed by atoms with Gasteiger partial charge in [-0.2, -0.15) is 4.31 Å². The second kappa shape index (κ2) is 8.77. The van der Waals surface area contributed by atoms with E-state index in [4.69, 9.17) is 10.5 Å². The first kappa shape index (κ1) is 20.9. The Hall–Kier alpha value is -1.19. The zero-order valence-electron chi connectivity index (χ0n) is 13.8. The van der Waals surface area contributed by atoms with Crippen LogP contribution in [0.25, 0.3) is 0 Å². The minimum absolute atomic E-state index is 0. The predicted octanol–water partition coefficient (Wildman–Crippen LogP) is 1.05. The zero-order valence-corrected chi connectivity index (χ0v) is 15.4. The molecule has 1 aliphatic heterocycles. The van der Waals surface area contributed by atoms with Crippen LogP contribution in [0.4, 0.5) is 5.69 Å². The number of nitrogens with one attached hydrogen (secondary N) is 1. The van der Waals surface area contributed by atoms with Crippen LogP contribution < -0.4 is 11.1 Å². The van der Waals surface area contributed by atoms with E-state index < -0.39 is 10.0 Å². The third-order valence-electron chi connectivity index (χ3n) is 3.91. The molecule has 1 fully saturated rings. The van der Waals surface area contributed by atoms with E-state index in [0.717, 1.165) is 0 Å². The van der Waals surface area contributed by atoms with Gasteiger partial charge in [-0.25, -0.2) is 8.42 Å². The summed E-state index contributed by atoms with van der Waals surface area (Å²) in [5, 5.41) is 2.71. The Morgan fingerprint density at radius 3 is 2.50 bits per heavy atom. The van der Waals surface area contributed by atoms with Crippen LogP contribution in [0.1, 0.15) is 13.8 Å². The van der Waals surface area contributed by atoms with Gasteiger partial charge in [0.15, 0.2) is 0 Å². The van der Waals surface area contributed by atoms with Crippen molar-refractivity contribution >= 4 is 34.0 Å². The maximum atomic E-state index is 12.6. The monoisotopic (exact) mass is 377 g/mol. The van der Waals surface area contributed by atoms with Gasteiger partial charge in [0.05, 0.1) is 24.0 Å². The van der Waals surface area contributed by atoms with Gasteiger partial charge in [0.2, 0.25) is 15.9 Å². The number of carbonyl (C=O) groups excluding carboxylic acids is 1. The SMILES string of the molecule is CC(N)C(C)C(=O)Nc1cccc(S(=O)(=O)N2CCOCC2)c1.Cl. The maximum Gasteiger partial charge on any atom is 0.243 e. The van der Waals surface area contributed by atoms with Gasteiger partial charge in [0, 0.05) is 24.8 Å². The van der Waals surface area contributed by atoms with E-state index in [1.54, 1.807) is 26.0 Å². The summed E-state index contributed by atoms with van der Waals surface area (Å²) < 4.78 is 31.8. The van der Waals surface area contributed by atoms with Crippen molar-refractivity contribution in [3.63, 3.8) is 0 Å². The molecule has 0 bridgehead atoms. The van der Waals surface area contributed by atoms with Crippen LogP contribution in [-0.2, 0) is 19.6 Å². The van der Waals surface area contributed by atoms with Gasteiger partial charge in [-0.3, -0.25) is 4.79 Å². The molecule has 0 spiro atoms. The smallest absolute Gasteiger partial charge is 0.243 e. The van der Waals surface area contributed by atoms with Crippen molar-refractivity contribution in [3.8, 4) is 0 Å². The average molecular weight is 378 g/mol. The van der Waals surface area contributed by atoms with E-state index >= 15 is 0 Å². The molecule has 2 atom stereocenters. The highest BCUT2D eigenvalue weighted by Crippen LogP contribution is 2.21. The van der Waals surface area contributed by atoms with E-state index in [0.29, 0.717) is 32.0 Å². The Balaban J connectivity index is 0.00000288. The lowest BCUT2D eigenvalue weighted by Gasteiger charge is -2.26. The molecule has 1 aromatic carbocycles. The highest BCUT2D eigenvalue weighted by Gasteiger charge is 2.26. The highest BCUT2D eigenvalue weighted by atomic mass is 35.5. The lowest BCUT2D eigenvalue weighted by Crippen LogP contribution is -2.40. The second-order valence-electron chi connectivity index (χ2n) is 5.68. The molecular formula is C15H24ClN3O4S. The Morgan fingerprint density at radius 1 is 1.29 bits per heavy atom. The van der Waals surface area contributed by atoms with E-state index in [9.17, 15) is 13.2 Å². The Kier molecular flexibility index (Phi) is 7.62. The molecule has 0 aromatic heterocycles. The predicted molar refractivity (Wildman–Crippen MR) is 94.7 cm³/mol. The number of hydrogen-bond acceptors (Lipinski definition) is 5. The molecule has 136 valence electrons. The molecule has 24 heavy (non-hydrogen) atoms. The van der Waals surface area contributed by atoms with Gasteiger partial charge < -0.3 is 15.8 Å². The fraction of sp³-hybridized carbons (Fsp3) is 0.533. The van der Waals surface area contributed by atoms with Crippen LogP contribution in [0.2, 0.25) is 0 Å². The van der Waals surface area contributed by atoms with E-state index in [1.807, 2.05) is 0 Å². The number of nitrogens with zero attached hydrogens (tertiary/aromatic N) is 1. The van der Waals surface area contributed by atoms with Crippen molar-refractivity contribution in [1.29, 1.82) is 0 Å². The minimum atomic E-state index is -3.58. The second-order valence-corrected chi connectivity index (χ2v) is 7.62. The van der Waals surface area contributed by atoms with Crippen molar-refractivity contribution < 1.29 is 17.9 Å². The number of amides is 1. The fourth-order valence-corrected chi connectivity index (χ4v) is 3.62. The average Bonchev–Trinajstić information content (AvgIpc) is 2.55. The fourth-order valence-electron chi connectivity index (χ4n) is 2.17. The summed E-state index contributed by atoms with van der Waals surface area (Å²) in [5.74, 6) is -0.601. The molecule has 2 unspecified atom stereocenters. The lowest BCUT2D eigenvalue weighted by molar-refractivity contribution is -0.119. The van der Waals surface area contributed by atoms with Crippen molar-refractivity contribution in [2.24, 2.45) is 11.7 Å². The van der Waals surface area contributed by atoms with Crippen LogP contribution in [0.3, 0.4) is 0 Å². The van der Waals surface area contributed by atoms with Gasteiger partial charge in [0.1, 0.15) is 0 Å². The van der Waals surface area contributed by atoms with Crippen molar-refractivity contribution in [2.75, 3.05) is 31.6 Å². The highest BCUT2D eigenvalue weighted by molar-refractivity contribution is 7.89. The largest absolute Gasteiger partial charge is 0.379 e. The van der Waals surface area contributed by atoms with Crippen LogP contribution in [-0.4, -0.2) is 51.0 Å². The van der Waals surface area contributed by atoms with Crippen molar-refractivity contribution in [1.82, 2.24) is 4.31 Å². The number of rotatable bonds is 5. The van der Waals surface area contributed by atoms with Gasteiger partial charge >= 0.3 is 0 Å². The van der Waals surface area contributed by atoms with Gasteiger partial charge in [-0.05, 0) is 25.1 Å². The first-order chi connectivity index (χ1) is 10.8. The Morgan fingerprint density at radius 2 is 1.92 bits per heavy atom. The minimum Gasteiger partial charge on any atom is -0.379 e. The number of hydrogen-bond donors (Lipinski definition) is 2. The van der Waals surface area contributed by atoms with Crippen LogP contribution >= 0.6 is 12.4 Å². The molecular weight excluding hydrogens is 354 g/mol. The molecule has 1 saturated heterocycles. The molecule has 2 rings (SSSR count). The van der Waals surface area contributed by atoms with E-state index in [2.05, 4.69) is 5.32 Å². The standard InChI is InChI=1S/C15H23N3O4S.ClH/c1-11(12(2)16)15(19)17-13-4-3-5-14(10-13)23(20,21)18-6-8-22-9-7-18;/h3-5,10-12H,6-9,16H2,1-2H3,(H,17,19);1H. The zero-order chi connectivity index (χ0) is 17.0. The summed E-state index contributed by atoms with van der Waals surface area (Å²) in [6.45, 7) is 4.93. The van der Waals surface area contributed by atoms with Crippen LogP contribution in [0, 0.1) is 5.92 Å². The summed E-state index contributed by atoms with van der Waals surface area (Å²) in [5.41, 5.74) is 6.15. The maximum absolute atomic E-state index is 12.6. The number of ether oxygens (including phenoxy) is 1. The third-order valence-corrected chi connectivity index (χ3v) is 5.81. The van der Waals surface area contributed by atoms with Gasteiger partial charge in [-0.15, -0.1) is 12.4 Å². The first-order valence-electron chi connectivity index (χ1n) is 7.57. The molecule has 1 amide bonds. The number of carbonyl (C=O) groups is 1.